The van der Waals surface area contributed by atoms with E-state index in [0.717, 1.165) is 23.1 Å². The van der Waals surface area contributed by atoms with Crippen LogP contribution >= 0.6 is 0 Å². The van der Waals surface area contributed by atoms with Crippen LogP contribution < -0.4 is 0 Å². The van der Waals surface area contributed by atoms with E-state index in [0.29, 0.717) is 6.54 Å². The molecular formula is C13H19NO2. The Morgan fingerprint density at radius 1 is 1.19 bits per heavy atom. The molecule has 1 rings (SSSR count). The van der Waals surface area contributed by atoms with E-state index in [2.05, 4.69) is 6.92 Å². The van der Waals surface area contributed by atoms with Gasteiger partial charge in [0, 0.05) is 12.0 Å². The summed E-state index contributed by atoms with van der Waals surface area (Å²) in [4.78, 5) is 0. The van der Waals surface area contributed by atoms with Gasteiger partial charge in [-0.15, -0.1) is 0 Å². The Hall–Kier alpha value is -1.51. The molecule has 3 nitrogen and oxygen atoms in total. The Morgan fingerprint density at radius 3 is 2.50 bits per heavy atom. The lowest BCUT2D eigenvalue weighted by molar-refractivity contribution is -0.453. The fourth-order valence-electron chi connectivity index (χ4n) is 1.49. The highest BCUT2D eigenvalue weighted by Gasteiger charge is 1.97. The number of hydrogen-bond donors (Lipinski definition) is 1. The first-order chi connectivity index (χ1) is 7.72. The van der Waals surface area contributed by atoms with E-state index in [-0.39, 0.29) is 5.75 Å². The maximum atomic E-state index is 11.5. The van der Waals surface area contributed by atoms with Crippen LogP contribution in [0.4, 0.5) is 0 Å². The van der Waals surface area contributed by atoms with Crippen LogP contribution in [-0.2, 0) is 0 Å². The van der Waals surface area contributed by atoms with Crippen LogP contribution in [0.5, 0.6) is 5.75 Å². The van der Waals surface area contributed by atoms with Gasteiger partial charge in [0.1, 0.15) is 5.75 Å². The minimum atomic E-state index is 0.220. The Bertz CT molecular complexity index is 330. The molecule has 0 aliphatic carbocycles. The number of unbranched alkanes of at least 4 members (excludes halogenated alkanes) is 3. The number of rotatable bonds is 6. The van der Waals surface area contributed by atoms with E-state index in [1.807, 2.05) is 0 Å². The normalized spacial score (nSPS) is 11.7. The van der Waals surface area contributed by atoms with Gasteiger partial charge in [0.25, 0.3) is 0 Å². The van der Waals surface area contributed by atoms with Crippen molar-refractivity contribution in [2.75, 3.05) is 6.54 Å². The molecule has 0 unspecified atom stereocenters. The molecule has 3 heteroatoms. The summed E-state index contributed by atoms with van der Waals surface area (Å²) in [6.45, 7) is 2.69. The second kappa shape index (κ2) is 6.88. The number of phenols is 1. The van der Waals surface area contributed by atoms with Gasteiger partial charge in [0.15, 0.2) is 12.8 Å². The molecule has 0 radical (unpaired) electrons. The first kappa shape index (κ1) is 12.6. The molecule has 0 amide bonds. The predicted octanol–water partition coefficient (Wildman–Crippen LogP) is 2.90. The second-order valence-corrected chi connectivity index (χ2v) is 3.92. The summed E-state index contributed by atoms with van der Waals surface area (Å²) in [7, 11) is 0. The van der Waals surface area contributed by atoms with Crippen LogP contribution in [0.3, 0.4) is 0 Å². The summed E-state index contributed by atoms with van der Waals surface area (Å²) in [5.41, 5.74) is 0.822. The van der Waals surface area contributed by atoms with Crippen molar-refractivity contribution in [3.05, 3.63) is 35.0 Å². The summed E-state index contributed by atoms with van der Waals surface area (Å²) in [6, 6.07) is 6.62. The highest BCUT2D eigenvalue weighted by atomic mass is 16.5. The van der Waals surface area contributed by atoms with Crippen molar-refractivity contribution < 1.29 is 9.85 Å². The average molecular weight is 221 g/mol. The Labute approximate surface area is 96.6 Å². The minimum Gasteiger partial charge on any atom is -0.624 e. The zero-order chi connectivity index (χ0) is 11.8. The number of phenolic OH excluding ortho intramolecular Hbond substituents is 1. The highest BCUT2D eigenvalue weighted by molar-refractivity contribution is 5.75. The van der Waals surface area contributed by atoms with E-state index < -0.39 is 0 Å². The van der Waals surface area contributed by atoms with E-state index in [9.17, 15) is 5.21 Å². The molecule has 0 saturated heterocycles. The van der Waals surface area contributed by atoms with Gasteiger partial charge in [-0.25, -0.2) is 4.74 Å². The monoisotopic (exact) mass is 221 g/mol. The summed E-state index contributed by atoms with van der Waals surface area (Å²) in [5.74, 6) is 0.220. The number of nitrogens with zero attached hydrogens (tertiary/aromatic N) is 1. The maximum Gasteiger partial charge on any atom is 0.181 e. The third kappa shape index (κ3) is 4.82. The molecule has 0 aliphatic rings. The van der Waals surface area contributed by atoms with Crippen molar-refractivity contribution in [2.45, 2.75) is 32.6 Å². The van der Waals surface area contributed by atoms with E-state index in [1.54, 1.807) is 30.5 Å². The lowest BCUT2D eigenvalue weighted by atomic mass is 10.2. The van der Waals surface area contributed by atoms with Gasteiger partial charge in [-0.3, -0.25) is 0 Å². The fourth-order valence-corrected chi connectivity index (χ4v) is 1.49. The van der Waals surface area contributed by atoms with Crippen LogP contribution in [0.1, 0.15) is 38.2 Å². The highest BCUT2D eigenvalue weighted by Crippen LogP contribution is 2.07. The maximum absolute atomic E-state index is 11.5. The zero-order valence-corrected chi connectivity index (χ0v) is 9.72. The second-order valence-electron chi connectivity index (χ2n) is 3.92. The third-order valence-corrected chi connectivity index (χ3v) is 2.42. The number of hydroxylamine groups is 1. The van der Waals surface area contributed by atoms with Crippen molar-refractivity contribution in [1.29, 1.82) is 0 Å². The molecule has 1 N–H and O–H groups in total. The first-order valence-corrected chi connectivity index (χ1v) is 5.80. The number of hydrogen-bond acceptors (Lipinski definition) is 2. The van der Waals surface area contributed by atoms with Gasteiger partial charge in [0.05, 0.1) is 0 Å². The van der Waals surface area contributed by atoms with Gasteiger partial charge < -0.3 is 10.3 Å². The van der Waals surface area contributed by atoms with Gasteiger partial charge in [0.2, 0.25) is 0 Å². The van der Waals surface area contributed by atoms with E-state index >= 15 is 0 Å². The molecule has 0 saturated carbocycles. The molecule has 0 heterocycles. The Morgan fingerprint density at radius 2 is 1.88 bits per heavy atom. The molecule has 0 bridgehead atoms. The van der Waals surface area contributed by atoms with Crippen molar-refractivity contribution in [1.82, 2.24) is 0 Å². The SMILES string of the molecule is CCCCCC[N+]([O-])=Cc1ccc(O)cc1. The molecule has 0 atom stereocenters. The predicted molar refractivity (Wildman–Crippen MR) is 65.9 cm³/mol. The molecule has 0 spiro atoms. The van der Waals surface area contributed by atoms with E-state index in [1.165, 1.54) is 12.8 Å². The lowest BCUT2D eigenvalue weighted by Gasteiger charge is -2.03. The molecule has 1 aromatic carbocycles. The summed E-state index contributed by atoms with van der Waals surface area (Å²) < 4.78 is 0.960. The van der Waals surface area contributed by atoms with E-state index in [4.69, 9.17) is 5.11 Å². The van der Waals surface area contributed by atoms with Crippen LogP contribution in [0, 0.1) is 5.21 Å². The van der Waals surface area contributed by atoms with Gasteiger partial charge in [-0.05, 0) is 30.7 Å². The van der Waals surface area contributed by atoms with Crippen molar-refractivity contribution in [2.24, 2.45) is 0 Å². The van der Waals surface area contributed by atoms with Gasteiger partial charge >= 0.3 is 0 Å². The largest absolute Gasteiger partial charge is 0.624 e. The van der Waals surface area contributed by atoms with Gasteiger partial charge in [-0.1, -0.05) is 19.8 Å². The summed E-state index contributed by atoms with van der Waals surface area (Å²) in [5, 5.41) is 20.5. The van der Waals surface area contributed by atoms with Crippen LogP contribution in [0.2, 0.25) is 0 Å². The lowest BCUT2D eigenvalue weighted by Crippen LogP contribution is -2.07. The third-order valence-electron chi connectivity index (χ3n) is 2.42. The molecule has 16 heavy (non-hydrogen) atoms. The quantitative estimate of drug-likeness (QED) is 0.264. The molecule has 0 aliphatic heterocycles. The molecule has 1 aromatic rings. The summed E-state index contributed by atoms with van der Waals surface area (Å²) >= 11 is 0. The molecule has 0 fully saturated rings. The minimum absolute atomic E-state index is 0.220. The fraction of sp³-hybridized carbons (Fsp3) is 0.462. The average Bonchev–Trinajstić information content (AvgIpc) is 2.28. The molecule has 88 valence electrons. The Kier molecular flexibility index (Phi) is 5.40. The first-order valence-electron chi connectivity index (χ1n) is 5.80. The number of aromatic hydroxyl groups is 1. The smallest absolute Gasteiger partial charge is 0.181 e. The van der Waals surface area contributed by atoms with Crippen LogP contribution in [-0.4, -0.2) is 22.6 Å². The van der Waals surface area contributed by atoms with Crippen LogP contribution in [0.25, 0.3) is 0 Å². The molecular weight excluding hydrogens is 202 g/mol. The Balaban J connectivity index is 2.40. The zero-order valence-electron chi connectivity index (χ0n) is 9.72. The number of benzene rings is 1. The standard InChI is InChI=1S/C13H19NO2/c1-2-3-4-5-10-14(16)11-12-6-8-13(15)9-7-12/h6-9,11,15H,2-5,10H2,1H3. The van der Waals surface area contributed by atoms with Gasteiger partial charge in [-0.2, -0.15) is 0 Å². The van der Waals surface area contributed by atoms with Crippen LogP contribution in [0.15, 0.2) is 24.3 Å². The van der Waals surface area contributed by atoms with Crippen molar-refractivity contribution >= 4 is 6.21 Å². The molecule has 0 aromatic heterocycles. The van der Waals surface area contributed by atoms with Crippen molar-refractivity contribution in [3.63, 3.8) is 0 Å². The topological polar surface area (TPSA) is 46.3 Å². The summed E-state index contributed by atoms with van der Waals surface area (Å²) in [6.07, 6.45) is 5.98. The van der Waals surface area contributed by atoms with Crippen molar-refractivity contribution in [3.8, 4) is 5.75 Å².